The number of carbonyl (C=O) groups is 1. The molecule has 1 atom stereocenters. The molecule has 0 unspecified atom stereocenters. The Morgan fingerprint density at radius 3 is 2.82 bits per heavy atom. The van der Waals surface area contributed by atoms with Gasteiger partial charge in [0.2, 0.25) is 0 Å². The zero-order valence-electron chi connectivity index (χ0n) is 19.7. The Morgan fingerprint density at radius 1 is 1.21 bits per heavy atom. The zero-order chi connectivity index (χ0) is 23.4. The number of ether oxygens (including phenoxy) is 1. The van der Waals surface area contributed by atoms with Crippen LogP contribution in [0.4, 0.5) is 0 Å². The fourth-order valence-electron chi connectivity index (χ4n) is 4.78. The van der Waals surface area contributed by atoms with Gasteiger partial charge < -0.3 is 9.84 Å². The molecule has 1 aliphatic heterocycles. The molecule has 1 N–H and O–H groups in total. The van der Waals surface area contributed by atoms with E-state index >= 15 is 0 Å². The first-order valence-corrected chi connectivity index (χ1v) is 11.7. The maximum atomic E-state index is 11.6. The number of aryl methyl sites for hydroxylation is 2. The van der Waals surface area contributed by atoms with Crippen molar-refractivity contribution < 1.29 is 14.6 Å². The number of likely N-dealkylation sites (N-methyl/N-ethyl adjacent to an activating group) is 1. The van der Waals surface area contributed by atoms with Gasteiger partial charge in [-0.05, 0) is 91.2 Å². The number of fused-ring (bicyclic) bond motifs is 1. The number of hydrogen-bond acceptors (Lipinski definition) is 4. The van der Waals surface area contributed by atoms with Crippen LogP contribution in [0.2, 0.25) is 0 Å². The molecule has 2 aromatic carbocycles. The molecule has 1 aliphatic rings. The summed E-state index contributed by atoms with van der Waals surface area (Å²) in [5.41, 5.74) is 7.55. The molecule has 4 rings (SSSR count). The number of benzene rings is 2. The summed E-state index contributed by atoms with van der Waals surface area (Å²) in [7, 11) is 2.15. The Hall–Kier alpha value is -3.18. The lowest BCUT2D eigenvalue weighted by atomic mass is 9.86. The monoisotopic (exact) mass is 444 g/mol. The van der Waals surface area contributed by atoms with Crippen molar-refractivity contribution >= 4 is 5.97 Å². The third kappa shape index (κ3) is 5.09. The molecule has 0 radical (unpaired) electrons. The first-order chi connectivity index (χ1) is 16.0. The summed E-state index contributed by atoms with van der Waals surface area (Å²) in [6, 6.07) is 15.0. The second-order valence-electron chi connectivity index (χ2n) is 8.86. The van der Waals surface area contributed by atoms with E-state index in [1.807, 2.05) is 0 Å². The molecule has 5 nitrogen and oxygen atoms in total. The predicted octanol–water partition coefficient (Wildman–Crippen LogP) is 5.71. The van der Waals surface area contributed by atoms with Gasteiger partial charge in [0.05, 0.1) is 12.2 Å². The summed E-state index contributed by atoms with van der Waals surface area (Å²) in [4.78, 5) is 18.1. The van der Waals surface area contributed by atoms with Crippen LogP contribution >= 0.6 is 0 Å². The number of hydrogen-bond donors (Lipinski definition) is 1. The van der Waals surface area contributed by atoms with Gasteiger partial charge in [0.1, 0.15) is 5.75 Å². The largest absolute Gasteiger partial charge is 0.494 e. The van der Waals surface area contributed by atoms with E-state index in [9.17, 15) is 9.90 Å². The van der Waals surface area contributed by atoms with Crippen molar-refractivity contribution in [3.63, 3.8) is 0 Å². The summed E-state index contributed by atoms with van der Waals surface area (Å²) in [5.74, 6) is 0.0322. The van der Waals surface area contributed by atoms with Crippen molar-refractivity contribution in [2.75, 3.05) is 20.2 Å². The van der Waals surface area contributed by atoms with Gasteiger partial charge in [0, 0.05) is 25.0 Å². The van der Waals surface area contributed by atoms with Crippen LogP contribution < -0.4 is 4.74 Å². The molecule has 0 saturated carbocycles. The first-order valence-electron chi connectivity index (χ1n) is 11.7. The molecule has 0 bridgehead atoms. The standard InChI is InChI=1S/C28H32N2O3/c1-4-15-33-23-7-9-24(19(2)16-23)20-5-8-25-21(17-20)12-14-30(3)27(25)10-6-22-18-29-13-11-26(22)28(31)32/h5,7-9,11,13,16-18,27H,4,6,10,12,14-15H2,1-3H3,(H,31,32)/t27-/m1/s1. The van der Waals surface area contributed by atoms with Gasteiger partial charge in [0.15, 0.2) is 0 Å². The third-order valence-electron chi connectivity index (χ3n) is 6.57. The molecule has 172 valence electrons. The first kappa shape index (κ1) is 23.0. The van der Waals surface area contributed by atoms with E-state index in [1.54, 1.807) is 18.5 Å². The molecule has 2 heterocycles. The highest BCUT2D eigenvalue weighted by molar-refractivity contribution is 5.89. The Labute approximate surface area is 196 Å². The minimum Gasteiger partial charge on any atom is -0.494 e. The van der Waals surface area contributed by atoms with Crippen LogP contribution in [0.25, 0.3) is 11.1 Å². The summed E-state index contributed by atoms with van der Waals surface area (Å²) in [6.45, 7) is 5.97. The predicted molar refractivity (Wildman–Crippen MR) is 131 cm³/mol. The van der Waals surface area contributed by atoms with E-state index in [1.165, 1.54) is 27.8 Å². The number of aromatic carboxylic acids is 1. The van der Waals surface area contributed by atoms with E-state index in [-0.39, 0.29) is 6.04 Å². The van der Waals surface area contributed by atoms with Gasteiger partial charge in [0.25, 0.3) is 0 Å². The molecule has 0 saturated heterocycles. The van der Waals surface area contributed by atoms with E-state index in [0.29, 0.717) is 12.0 Å². The molecule has 33 heavy (non-hydrogen) atoms. The molecule has 0 fully saturated rings. The highest BCUT2D eigenvalue weighted by Gasteiger charge is 2.25. The maximum absolute atomic E-state index is 11.6. The van der Waals surface area contributed by atoms with Crippen molar-refractivity contribution in [1.82, 2.24) is 9.88 Å². The summed E-state index contributed by atoms with van der Waals surface area (Å²) < 4.78 is 5.78. The van der Waals surface area contributed by atoms with E-state index < -0.39 is 5.97 Å². The van der Waals surface area contributed by atoms with Crippen LogP contribution in [-0.4, -0.2) is 41.2 Å². The average molecular weight is 445 g/mol. The number of carboxylic acids is 1. The molecule has 0 spiro atoms. The normalized spacial score (nSPS) is 15.8. The highest BCUT2D eigenvalue weighted by atomic mass is 16.5. The van der Waals surface area contributed by atoms with Crippen LogP contribution in [0.15, 0.2) is 54.9 Å². The summed E-state index contributed by atoms with van der Waals surface area (Å²) in [5, 5.41) is 9.49. The van der Waals surface area contributed by atoms with Gasteiger partial charge in [-0.1, -0.05) is 31.2 Å². The van der Waals surface area contributed by atoms with Gasteiger partial charge in [-0.2, -0.15) is 0 Å². The number of nitrogens with zero attached hydrogens (tertiary/aromatic N) is 2. The number of pyridine rings is 1. The van der Waals surface area contributed by atoms with Crippen molar-refractivity contribution in [3.05, 3.63) is 82.7 Å². The fraction of sp³-hybridized carbons (Fsp3) is 0.357. The van der Waals surface area contributed by atoms with Crippen molar-refractivity contribution in [2.24, 2.45) is 0 Å². The molecule has 1 aromatic heterocycles. The van der Waals surface area contributed by atoms with Gasteiger partial charge in [-0.15, -0.1) is 0 Å². The number of aromatic nitrogens is 1. The van der Waals surface area contributed by atoms with Crippen LogP contribution in [-0.2, 0) is 12.8 Å². The highest BCUT2D eigenvalue weighted by Crippen LogP contribution is 2.36. The second-order valence-corrected chi connectivity index (χ2v) is 8.86. The molecule has 0 aliphatic carbocycles. The zero-order valence-corrected chi connectivity index (χ0v) is 19.7. The van der Waals surface area contributed by atoms with Gasteiger partial charge >= 0.3 is 5.97 Å². The van der Waals surface area contributed by atoms with Crippen LogP contribution in [0.5, 0.6) is 5.75 Å². The number of rotatable bonds is 8. The molecule has 0 amide bonds. The minimum absolute atomic E-state index is 0.260. The average Bonchev–Trinajstić information content (AvgIpc) is 2.82. The van der Waals surface area contributed by atoms with Crippen molar-refractivity contribution in [3.8, 4) is 16.9 Å². The van der Waals surface area contributed by atoms with Crippen molar-refractivity contribution in [1.29, 1.82) is 0 Å². The quantitative estimate of drug-likeness (QED) is 0.482. The Kier molecular flexibility index (Phi) is 7.09. The Bertz CT molecular complexity index is 1140. The molecule has 5 heteroatoms. The Balaban J connectivity index is 1.56. The number of carboxylic acid groups (broad SMARTS) is 1. The van der Waals surface area contributed by atoms with Crippen LogP contribution in [0, 0.1) is 6.92 Å². The van der Waals surface area contributed by atoms with Gasteiger partial charge in [-0.25, -0.2) is 4.79 Å². The topological polar surface area (TPSA) is 62.7 Å². The lowest BCUT2D eigenvalue weighted by molar-refractivity contribution is 0.0695. The molecule has 3 aromatic rings. The minimum atomic E-state index is -0.893. The summed E-state index contributed by atoms with van der Waals surface area (Å²) in [6.07, 6.45) is 6.79. The maximum Gasteiger partial charge on any atom is 0.336 e. The molecular formula is C28H32N2O3. The lowest BCUT2D eigenvalue weighted by Crippen LogP contribution is -2.32. The Morgan fingerprint density at radius 2 is 2.06 bits per heavy atom. The fourth-order valence-corrected chi connectivity index (χ4v) is 4.78. The van der Waals surface area contributed by atoms with Crippen molar-refractivity contribution in [2.45, 2.75) is 45.6 Å². The smallest absolute Gasteiger partial charge is 0.336 e. The van der Waals surface area contributed by atoms with E-state index in [4.69, 9.17) is 4.74 Å². The van der Waals surface area contributed by atoms with Crippen LogP contribution in [0.1, 0.15) is 58.4 Å². The molecular weight excluding hydrogens is 412 g/mol. The SMILES string of the molecule is CCCOc1ccc(-c2ccc3c(c2)CCN(C)[C@@H]3CCc2cnccc2C(=O)O)c(C)c1. The van der Waals surface area contributed by atoms with E-state index in [0.717, 1.165) is 43.7 Å². The summed E-state index contributed by atoms with van der Waals surface area (Å²) >= 11 is 0. The second kappa shape index (κ2) is 10.2. The van der Waals surface area contributed by atoms with Gasteiger partial charge in [-0.3, -0.25) is 9.88 Å². The third-order valence-corrected chi connectivity index (χ3v) is 6.57. The lowest BCUT2D eigenvalue weighted by Gasteiger charge is -2.35. The van der Waals surface area contributed by atoms with Crippen LogP contribution in [0.3, 0.4) is 0 Å². The van der Waals surface area contributed by atoms with E-state index in [2.05, 4.69) is 67.2 Å².